The zero-order chi connectivity index (χ0) is 8.53. The third-order valence-electron chi connectivity index (χ3n) is 1.41. The Morgan fingerprint density at radius 1 is 1.55 bits per heavy atom. The molecule has 0 heterocycles. The topological polar surface area (TPSA) is 21.3 Å². The van der Waals surface area contributed by atoms with Crippen LogP contribution in [-0.2, 0) is 4.74 Å². The van der Waals surface area contributed by atoms with E-state index < -0.39 is 0 Å². The van der Waals surface area contributed by atoms with Gasteiger partial charge in [0.25, 0.3) is 0 Å². The van der Waals surface area contributed by atoms with Crippen molar-refractivity contribution in [1.29, 1.82) is 0 Å². The van der Waals surface area contributed by atoms with Gasteiger partial charge in [0.15, 0.2) is 0 Å². The maximum absolute atomic E-state index is 5.28. The van der Waals surface area contributed by atoms with E-state index in [9.17, 15) is 0 Å². The molecule has 0 aromatic carbocycles. The summed E-state index contributed by atoms with van der Waals surface area (Å²) < 4.78 is 5.28. The zero-order valence-electron chi connectivity index (χ0n) is 7.60. The van der Waals surface area contributed by atoms with Crippen molar-refractivity contribution < 1.29 is 4.74 Å². The van der Waals surface area contributed by atoms with Crippen LogP contribution in [0.2, 0.25) is 0 Å². The average molecular weight is 157 g/mol. The van der Waals surface area contributed by atoms with Crippen LogP contribution in [0.3, 0.4) is 0 Å². The first-order chi connectivity index (χ1) is 5.31. The minimum absolute atomic E-state index is 0.389. The minimum Gasteiger partial charge on any atom is -0.380 e. The van der Waals surface area contributed by atoms with E-state index in [0.29, 0.717) is 6.04 Å². The molecule has 0 aliphatic heterocycles. The van der Waals surface area contributed by atoms with Crippen molar-refractivity contribution in [3.05, 3.63) is 12.7 Å². The van der Waals surface area contributed by atoms with Gasteiger partial charge in [-0.3, -0.25) is 0 Å². The van der Waals surface area contributed by atoms with Gasteiger partial charge in [-0.2, -0.15) is 0 Å². The Balaban J connectivity index is 2.95. The highest BCUT2D eigenvalue weighted by Gasteiger charge is 1.92. The van der Waals surface area contributed by atoms with E-state index in [2.05, 4.69) is 25.7 Å². The molecule has 0 bridgehead atoms. The highest BCUT2D eigenvalue weighted by atomic mass is 16.5. The molecule has 0 aliphatic carbocycles. The fraction of sp³-hybridized carbons (Fsp3) is 0.778. The fourth-order valence-corrected chi connectivity index (χ4v) is 0.688. The van der Waals surface area contributed by atoms with Gasteiger partial charge in [0.1, 0.15) is 0 Å². The Morgan fingerprint density at radius 2 is 2.27 bits per heavy atom. The summed E-state index contributed by atoms with van der Waals surface area (Å²) in [6.07, 6.45) is 2.98. The molecule has 1 unspecified atom stereocenters. The maximum Gasteiger partial charge on any atom is 0.0591 e. The van der Waals surface area contributed by atoms with Crippen LogP contribution in [0.1, 0.15) is 20.3 Å². The van der Waals surface area contributed by atoms with Crippen molar-refractivity contribution in [3.63, 3.8) is 0 Å². The van der Waals surface area contributed by atoms with Crippen molar-refractivity contribution in [2.75, 3.05) is 19.8 Å². The lowest BCUT2D eigenvalue weighted by Gasteiger charge is -2.08. The number of hydrogen-bond donors (Lipinski definition) is 1. The highest BCUT2D eigenvalue weighted by molar-refractivity contribution is 4.80. The molecule has 2 heteroatoms. The Morgan fingerprint density at radius 3 is 2.82 bits per heavy atom. The molecule has 0 fully saturated rings. The molecule has 11 heavy (non-hydrogen) atoms. The molecule has 0 aromatic heterocycles. The summed E-state index contributed by atoms with van der Waals surface area (Å²) in [4.78, 5) is 0. The predicted molar refractivity (Wildman–Crippen MR) is 48.8 cm³/mol. The second-order valence-corrected chi connectivity index (χ2v) is 2.59. The van der Waals surface area contributed by atoms with Crippen LogP contribution in [0.15, 0.2) is 12.7 Å². The van der Waals surface area contributed by atoms with E-state index in [1.807, 2.05) is 6.08 Å². The molecule has 0 amide bonds. The van der Waals surface area contributed by atoms with Crippen molar-refractivity contribution >= 4 is 0 Å². The SMILES string of the molecule is C=CC(C)NCCOCCC. The van der Waals surface area contributed by atoms with Crippen molar-refractivity contribution in [3.8, 4) is 0 Å². The third-order valence-corrected chi connectivity index (χ3v) is 1.41. The van der Waals surface area contributed by atoms with Gasteiger partial charge in [-0.15, -0.1) is 6.58 Å². The third kappa shape index (κ3) is 7.56. The van der Waals surface area contributed by atoms with E-state index in [4.69, 9.17) is 4.74 Å². The number of hydrogen-bond acceptors (Lipinski definition) is 2. The Labute approximate surface area is 69.6 Å². The molecule has 0 aromatic rings. The number of rotatable bonds is 7. The number of ether oxygens (including phenoxy) is 1. The Kier molecular flexibility index (Phi) is 7.52. The molecule has 0 spiro atoms. The lowest BCUT2D eigenvalue weighted by atomic mass is 10.3. The summed E-state index contributed by atoms with van der Waals surface area (Å²) >= 11 is 0. The van der Waals surface area contributed by atoms with E-state index in [1.165, 1.54) is 0 Å². The van der Waals surface area contributed by atoms with Crippen LogP contribution in [-0.4, -0.2) is 25.8 Å². The molecule has 2 nitrogen and oxygen atoms in total. The highest BCUT2D eigenvalue weighted by Crippen LogP contribution is 1.82. The van der Waals surface area contributed by atoms with Gasteiger partial charge in [0, 0.05) is 19.2 Å². The summed E-state index contributed by atoms with van der Waals surface area (Å²) in [6, 6.07) is 0.389. The molecule has 0 saturated carbocycles. The lowest BCUT2D eigenvalue weighted by molar-refractivity contribution is 0.136. The van der Waals surface area contributed by atoms with Gasteiger partial charge in [-0.05, 0) is 13.3 Å². The Bertz CT molecular complexity index is 93.6. The van der Waals surface area contributed by atoms with E-state index in [0.717, 1.165) is 26.2 Å². The maximum atomic E-state index is 5.28. The van der Waals surface area contributed by atoms with Crippen molar-refractivity contribution in [1.82, 2.24) is 5.32 Å². The molecule has 0 radical (unpaired) electrons. The molecule has 0 aliphatic rings. The van der Waals surface area contributed by atoms with Gasteiger partial charge >= 0.3 is 0 Å². The van der Waals surface area contributed by atoms with Crippen LogP contribution in [0.25, 0.3) is 0 Å². The summed E-state index contributed by atoms with van der Waals surface area (Å²) in [5.74, 6) is 0. The molecular weight excluding hydrogens is 138 g/mol. The van der Waals surface area contributed by atoms with Gasteiger partial charge in [-0.25, -0.2) is 0 Å². The first kappa shape index (κ1) is 10.7. The molecule has 66 valence electrons. The first-order valence-corrected chi connectivity index (χ1v) is 4.25. The number of nitrogens with one attached hydrogen (secondary N) is 1. The van der Waals surface area contributed by atoms with Gasteiger partial charge < -0.3 is 10.1 Å². The lowest BCUT2D eigenvalue weighted by Crippen LogP contribution is -2.27. The monoisotopic (exact) mass is 157 g/mol. The molecule has 1 N–H and O–H groups in total. The molecular formula is C9H19NO. The molecule has 0 rings (SSSR count). The molecule has 0 saturated heterocycles. The predicted octanol–water partition coefficient (Wildman–Crippen LogP) is 1.58. The van der Waals surface area contributed by atoms with Crippen LogP contribution in [0, 0.1) is 0 Å². The van der Waals surface area contributed by atoms with Gasteiger partial charge in [0.2, 0.25) is 0 Å². The largest absolute Gasteiger partial charge is 0.380 e. The van der Waals surface area contributed by atoms with Crippen LogP contribution >= 0.6 is 0 Å². The van der Waals surface area contributed by atoms with E-state index in [1.54, 1.807) is 0 Å². The minimum atomic E-state index is 0.389. The van der Waals surface area contributed by atoms with E-state index >= 15 is 0 Å². The second-order valence-electron chi connectivity index (χ2n) is 2.59. The van der Waals surface area contributed by atoms with Crippen molar-refractivity contribution in [2.24, 2.45) is 0 Å². The van der Waals surface area contributed by atoms with Crippen LogP contribution in [0.5, 0.6) is 0 Å². The van der Waals surface area contributed by atoms with E-state index in [-0.39, 0.29) is 0 Å². The quantitative estimate of drug-likeness (QED) is 0.447. The van der Waals surface area contributed by atoms with Crippen LogP contribution < -0.4 is 5.32 Å². The summed E-state index contributed by atoms with van der Waals surface area (Å²) in [5, 5.41) is 3.25. The summed E-state index contributed by atoms with van der Waals surface area (Å²) in [7, 11) is 0. The van der Waals surface area contributed by atoms with Crippen molar-refractivity contribution in [2.45, 2.75) is 26.3 Å². The molecule has 1 atom stereocenters. The van der Waals surface area contributed by atoms with Gasteiger partial charge in [0.05, 0.1) is 6.61 Å². The van der Waals surface area contributed by atoms with Gasteiger partial charge in [-0.1, -0.05) is 13.0 Å². The summed E-state index contributed by atoms with van der Waals surface area (Å²) in [6.45, 7) is 10.4. The average Bonchev–Trinajstić information content (AvgIpc) is 2.04. The normalized spacial score (nSPS) is 12.9. The second kappa shape index (κ2) is 7.76. The first-order valence-electron chi connectivity index (χ1n) is 4.25. The smallest absolute Gasteiger partial charge is 0.0591 e. The summed E-state index contributed by atoms with van der Waals surface area (Å²) in [5.41, 5.74) is 0. The van der Waals surface area contributed by atoms with Crippen LogP contribution in [0.4, 0.5) is 0 Å². The zero-order valence-corrected chi connectivity index (χ0v) is 7.60. The fourth-order valence-electron chi connectivity index (χ4n) is 0.688. The standard InChI is InChI=1S/C9H19NO/c1-4-7-11-8-6-10-9(3)5-2/h5,9-10H,2,4,6-8H2,1,3H3. The Hall–Kier alpha value is -0.340.